The highest BCUT2D eigenvalue weighted by atomic mass is 16.3. The number of fused-ring (bicyclic) bond motifs is 1. The number of aliphatic hydroxyl groups excluding tert-OH is 1. The first-order valence-corrected chi connectivity index (χ1v) is 9.10. The van der Waals surface area contributed by atoms with Crippen molar-refractivity contribution in [3.63, 3.8) is 0 Å². The summed E-state index contributed by atoms with van der Waals surface area (Å²) in [6.07, 6.45) is 10.2. The van der Waals surface area contributed by atoms with Gasteiger partial charge in [-0.25, -0.2) is 0 Å². The van der Waals surface area contributed by atoms with Crippen LogP contribution in [0.5, 0.6) is 0 Å². The molecule has 0 amide bonds. The molecule has 0 aromatic rings. The Hall–Kier alpha value is -0.300. The summed E-state index contributed by atoms with van der Waals surface area (Å²) >= 11 is 0. The van der Waals surface area contributed by atoms with Gasteiger partial charge in [-0.3, -0.25) is 0 Å². The third-order valence-electron chi connectivity index (χ3n) is 6.89. The first-order chi connectivity index (χ1) is 9.81. The topological polar surface area (TPSA) is 20.2 Å². The van der Waals surface area contributed by atoms with E-state index in [2.05, 4.69) is 34.3 Å². The molecule has 0 radical (unpaired) electrons. The number of hydrogen-bond acceptors (Lipinski definition) is 1. The van der Waals surface area contributed by atoms with Crippen LogP contribution in [0.15, 0.2) is 12.2 Å². The molecule has 122 valence electrons. The van der Waals surface area contributed by atoms with Crippen LogP contribution in [0.4, 0.5) is 0 Å². The Kier molecular flexibility index (Phi) is 5.23. The molecule has 1 N–H and O–H groups in total. The Labute approximate surface area is 132 Å². The molecule has 2 aliphatic carbocycles. The molecule has 2 aliphatic rings. The van der Waals surface area contributed by atoms with Gasteiger partial charge in [0.05, 0.1) is 0 Å². The lowest BCUT2D eigenvalue weighted by atomic mass is 9.47. The van der Waals surface area contributed by atoms with Gasteiger partial charge in [0, 0.05) is 6.61 Å². The number of aliphatic hydroxyl groups is 1. The largest absolute Gasteiger partial charge is 0.396 e. The van der Waals surface area contributed by atoms with Gasteiger partial charge < -0.3 is 5.11 Å². The maximum absolute atomic E-state index is 9.11. The quantitative estimate of drug-likeness (QED) is 0.655. The summed E-state index contributed by atoms with van der Waals surface area (Å²) in [7, 11) is 0. The third kappa shape index (κ3) is 3.38. The minimum atomic E-state index is 0.333. The summed E-state index contributed by atoms with van der Waals surface area (Å²) in [4.78, 5) is 0. The summed E-state index contributed by atoms with van der Waals surface area (Å²) in [5.74, 6) is 2.21. The van der Waals surface area contributed by atoms with E-state index in [1.807, 2.05) is 0 Å². The predicted molar refractivity (Wildman–Crippen MR) is 91.2 cm³/mol. The average molecular weight is 293 g/mol. The Balaban J connectivity index is 2.12. The van der Waals surface area contributed by atoms with Crippen molar-refractivity contribution in [3.05, 3.63) is 12.2 Å². The van der Waals surface area contributed by atoms with E-state index in [-0.39, 0.29) is 0 Å². The van der Waals surface area contributed by atoms with Crippen molar-refractivity contribution in [1.82, 2.24) is 0 Å². The zero-order valence-corrected chi connectivity index (χ0v) is 14.8. The fourth-order valence-corrected chi connectivity index (χ4v) is 5.62. The molecular formula is C20H36O. The van der Waals surface area contributed by atoms with Crippen LogP contribution in [-0.4, -0.2) is 11.7 Å². The molecule has 0 unspecified atom stereocenters. The van der Waals surface area contributed by atoms with Crippen molar-refractivity contribution < 1.29 is 5.11 Å². The molecule has 2 fully saturated rings. The molecule has 0 spiro atoms. The smallest absolute Gasteiger partial charge is 0.0433 e. The van der Waals surface area contributed by atoms with Crippen molar-refractivity contribution >= 4 is 0 Å². The van der Waals surface area contributed by atoms with Gasteiger partial charge in [0.1, 0.15) is 0 Å². The van der Waals surface area contributed by atoms with Gasteiger partial charge in [-0.15, -0.1) is 0 Å². The van der Waals surface area contributed by atoms with Crippen LogP contribution in [0.3, 0.4) is 0 Å². The molecule has 0 aromatic carbocycles. The summed E-state index contributed by atoms with van der Waals surface area (Å²) in [5, 5.41) is 9.11. The Morgan fingerprint density at radius 3 is 2.62 bits per heavy atom. The molecule has 0 bridgehead atoms. The predicted octanol–water partition coefficient (Wildman–Crippen LogP) is 5.58. The molecule has 2 saturated carbocycles. The zero-order chi connectivity index (χ0) is 15.7. The highest BCUT2D eigenvalue weighted by Gasteiger charge is 2.52. The van der Waals surface area contributed by atoms with E-state index in [0.717, 1.165) is 12.3 Å². The molecule has 0 aromatic heterocycles. The molecule has 0 heterocycles. The van der Waals surface area contributed by atoms with E-state index >= 15 is 0 Å². The van der Waals surface area contributed by atoms with Crippen molar-refractivity contribution in [1.29, 1.82) is 0 Å². The van der Waals surface area contributed by atoms with E-state index in [4.69, 9.17) is 5.11 Å². The van der Waals surface area contributed by atoms with Crippen LogP contribution in [0, 0.1) is 28.6 Å². The van der Waals surface area contributed by atoms with Crippen LogP contribution < -0.4 is 0 Å². The Morgan fingerprint density at radius 2 is 1.95 bits per heavy atom. The van der Waals surface area contributed by atoms with Crippen LogP contribution in [0.25, 0.3) is 0 Å². The van der Waals surface area contributed by atoms with E-state index in [1.54, 1.807) is 0 Å². The SMILES string of the molecule is C=C1CC[C@H]2C(C)(C)CCC[C@]2(C)[C@H]1CC[C@@H](C)CCO. The molecule has 1 heteroatoms. The monoisotopic (exact) mass is 292 g/mol. The van der Waals surface area contributed by atoms with Crippen LogP contribution in [-0.2, 0) is 0 Å². The first kappa shape index (κ1) is 17.1. The van der Waals surface area contributed by atoms with Crippen LogP contribution in [0.1, 0.15) is 79.1 Å². The lowest BCUT2D eigenvalue weighted by Crippen LogP contribution is -2.49. The number of rotatable bonds is 5. The lowest BCUT2D eigenvalue weighted by molar-refractivity contribution is -0.0553. The highest BCUT2D eigenvalue weighted by molar-refractivity contribution is 5.15. The van der Waals surface area contributed by atoms with Gasteiger partial charge in [0.2, 0.25) is 0 Å². The van der Waals surface area contributed by atoms with E-state index in [0.29, 0.717) is 29.3 Å². The van der Waals surface area contributed by atoms with Crippen LogP contribution in [0.2, 0.25) is 0 Å². The van der Waals surface area contributed by atoms with E-state index in [1.165, 1.54) is 50.5 Å². The van der Waals surface area contributed by atoms with Gasteiger partial charge in [-0.2, -0.15) is 0 Å². The molecule has 0 saturated heterocycles. The standard InChI is InChI=1S/C20H36O/c1-15(11-14-21)7-9-17-16(2)8-10-18-19(3,4)12-6-13-20(17,18)5/h15,17-18,21H,2,6-14H2,1,3-5H3/t15-,17+,18+,20-/m1/s1. The summed E-state index contributed by atoms with van der Waals surface area (Å²) in [6, 6.07) is 0. The minimum Gasteiger partial charge on any atom is -0.396 e. The maximum atomic E-state index is 9.11. The zero-order valence-electron chi connectivity index (χ0n) is 14.8. The third-order valence-corrected chi connectivity index (χ3v) is 6.89. The van der Waals surface area contributed by atoms with Crippen molar-refractivity contribution in [2.75, 3.05) is 6.61 Å². The van der Waals surface area contributed by atoms with Crippen molar-refractivity contribution in [2.45, 2.75) is 79.1 Å². The molecule has 2 rings (SSSR count). The minimum absolute atomic E-state index is 0.333. The summed E-state index contributed by atoms with van der Waals surface area (Å²) in [5.41, 5.74) is 2.49. The fraction of sp³-hybridized carbons (Fsp3) is 0.900. The van der Waals surface area contributed by atoms with Gasteiger partial charge in [0.15, 0.2) is 0 Å². The summed E-state index contributed by atoms with van der Waals surface area (Å²) in [6.45, 7) is 14.6. The Morgan fingerprint density at radius 1 is 1.24 bits per heavy atom. The van der Waals surface area contributed by atoms with Crippen LogP contribution >= 0.6 is 0 Å². The maximum Gasteiger partial charge on any atom is 0.0433 e. The second-order valence-corrected chi connectivity index (χ2v) is 8.84. The van der Waals surface area contributed by atoms with Gasteiger partial charge in [-0.05, 0) is 67.1 Å². The van der Waals surface area contributed by atoms with E-state index in [9.17, 15) is 0 Å². The molecule has 0 aliphatic heterocycles. The molecule has 1 nitrogen and oxygen atoms in total. The van der Waals surface area contributed by atoms with Gasteiger partial charge in [0.25, 0.3) is 0 Å². The molecule has 21 heavy (non-hydrogen) atoms. The number of allylic oxidation sites excluding steroid dienone is 1. The van der Waals surface area contributed by atoms with Gasteiger partial charge >= 0.3 is 0 Å². The fourth-order valence-electron chi connectivity index (χ4n) is 5.62. The Bertz CT molecular complexity index is 370. The summed E-state index contributed by atoms with van der Waals surface area (Å²) < 4.78 is 0. The average Bonchev–Trinajstić information content (AvgIpc) is 2.37. The van der Waals surface area contributed by atoms with Crippen molar-refractivity contribution in [2.24, 2.45) is 28.6 Å². The number of hydrogen-bond donors (Lipinski definition) is 1. The molecule has 4 atom stereocenters. The highest BCUT2D eigenvalue weighted by Crippen LogP contribution is 2.61. The van der Waals surface area contributed by atoms with E-state index < -0.39 is 0 Å². The molecular weight excluding hydrogens is 256 g/mol. The second-order valence-electron chi connectivity index (χ2n) is 8.84. The normalized spacial score (nSPS) is 37.1. The van der Waals surface area contributed by atoms with Gasteiger partial charge in [-0.1, -0.05) is 52.7 Å². The second kappa shape index (κ2) is 6.44. The first-order valence-electron chi connectivity index (χ1n) is 9.10. The lowest BCUT2D eigenvalue weighted by Gasteiger charge is -2.58. The van der Waals surface area contributed by atoms with Crippen molar-refractivity contribution in [3.8, 4) is 0 Å².